The first kappa shape index (κ1) is 12.9. The Balaban J connectivity index is 1.74. The van der Waals surface area contributed by atoms with Crippen molar-refractivity contribution in [3.8, 4) is 0 Å². The first-order valence-electron chi connectivity index (χ1n) is 6.46. The molecule has 0 aromatic heterocycles. The molecule has 1 saturated carbocycles. The third kappa shape index (κ3) is 3.71. The number of para-hydroxylation sites is 1. The molecule has 0 spiro atoms. The number of hydrogen-bond acceptors (Lipinski definition) is 2. The fourth-order valence-corrected chi connectivity index (χ4v) is 2.92. The number of halogens is 1. The highest BCUT2D eigenvalue weighted by molar-refractivity contribution is 9.10. The highest BCUT2D eigenvalue weighted by Crippen LogP contribution is 2.23. The van der Waals surface area contributed by atoms with Crippen LogP contribution in [0, 0.1) is 0 Å². The zero-order chi connectivity index (χ0) is 12.1. The van der Waals surface area contributed by atoms with E-state index < -0.39 is 0 Å². The molecular weight excluding hydrogens is 276 g/mol. The molecule has 2 rings (SSSR count). The van der Waals surface area contributed by atoms with E-state index in [-0.39, 0.29) is 0 Å². The molecule has 0 amide bonds. The molecule has 3 heteroatoms. The smallest absolute Gasteiger partial charge is 0.0485 e. The Hall–Kier alpha value is -0.540. The molecule has 1 aromatic rings. The molecule has 0 saturated heterocycles. The number of rotatable bonds is 5. The van der Waals surface area contributed by atoms with Gasteiger partial charge in [0.05, 0.1) is 0 Å². The maximum atomic E-state index is 3.55. The molecule has 17 heavy (non-hydrogen) atoms. The van der Waals surface area contributed by atoms with E-state index in [9.17, 15) is 0 Å². The maximum Gasteiger partial charge on any atom is 0.0485 e. The summed E-state index contributed by atoms with van der Waals surface area (Å²) in [6.45, 7) is 2.13. The van der Waals surface area contributed by atoms with Crippen LogP contribution in [0.3, 0.4) is 0 Å². The third-order valence-corrected chi connectivity index (χ3v) is 4.29. The van der Waals surface area contributed by atoms with Crippen LogP contribution in [-0.4, -0.2) is 31.1 Å². The van der Waals surface area contributed by atoms with E-state index in [1.165, 1.54) is 31.4 Å². The average Bonchev–Trinajstić information content (AvgIpc) is 2.85. The lowest BCUT2D eigenvalue weighted by Crippen LogP contribution is -2.33. The van der Waals surface area contributed by atoms with Crippen LogP contribution in [0.2, 0.25) is 0 Å². The SMILES string of the molecule is CN(CCNc1ccccc1Br)C1CCCC1. The van der Waals surface area contributed by atoms with E-state index in [2.05, 4.69) is 51.4 Å². The van der Waals surface area contributed by atoms with Gasteiger partial charge in [0.2, 0.25) is 0 Å². The minimum absolute atomic E-state index is 0.816. The number of likely N-dealkylation sites (N-methyl/N-ethyl adjacent to an activating group) is 1. The van der Waals surface area contributed by atoms with Crippen molar-refractivity contribution in [3.63, 3.8) is 0 Å². The predicted octanol–water partition coefficient (Wildman–Crippen LogP) is 3.74. The van der Waals surface area contributed by atoms with Crippen molar-refractivity contribution in [2.24, 2.45) is 0 Å². The van der Waals surface area contributed by atoms with Gasteiger partial charge in [-0.3, -0.25) is 0 Å². The monoisotopic (exact) mass is 296 g/mol. The number of benzene rings is 1. The first-order valence-corrected chi connectivity index (χ1v) is 7.25. The van der Waals surface area contributed by atoms with Crippen LogP contribution in [-0.2, 0) is 0 Å². The lowest BCUT2D eigenvalue weighted by molar-refractivity contribution is 0.254. The molecule has 0 atom stereocenters. The average molecular weight is 297 g/mol. The zero-order valence-electron chi connectivity index (χ0n) is 10.5. The standard InChI is InChI=1S/C14H21BrN2/c1-17(12-6-2-3-7-12)11-10-16-14-9-5-4-8-13(14)15/h4-5,8-9,12,16H,2-3,6-7,10-11H2,1H3. The first-order chi connectivity index (χ1) is 8.27. The summed E-state index contributed by atoms with van der Waals surface area (Å²) in [6.07, 6.45) is 5.58. The van der Waals surface area contributed by atoms with E-state index >= 15 is 0 Å². The van der Waals surface area contributed by atoms with E-state index in [1.807, 2.05) is 6.07 Å². The summed E-state index contributed by atoms with van der Waals surface area (Å²) in [7, 11) is 2.25. The molecule has 0 aliphatic heterocycles. The lowest BCUT2D eigenvalue weighted by Gasteiger charge is -2.24. The van der Waals surface area contributed by atoms with E-state index in [0.717, 1.165) is 23.6 Å². The van der Waals surface area contributed by atoms with Gasteiger partial charge in [-0.1, -0.05) is 25.0 Å². The van der Waals surface area contributed by atoms with Crippen molar-refractivity contribution < 1.29 is 0 Å². The summed E-state index contributed by atoms with van der Waals surface area (Å²) in [5.41, 5.74) is 1.19. The van der Waals surface area contributed by atoms with Crippen molar-refractivity contribution in [2.75, 3.05) is 25.5 Å². The lowest BCUT2D eigenvalue weighted by atomic mass is 10.2. The Morgan fingerprint density at radius 2 is 2.00 bits per heavy atom. The Kier molecular flexibility index (Phi) is 4.86. The fourth-order valence-electron chi connectivity index (χ4n) is 2.50. The van der Waals surface area contributed by atoms with Gasteiger partial charge in [0, 0.05) is 29.3 Å². The topological polar surface area (TPSA) is 15.3 Å². The summed E-state index contributed by atoms with van der Waals surface area (Å²) in [4.78, 5) is 2.50. The quantitative estimate of drug-likeness (QED) is 0.890. The van der Waals surface area contributed by atoms with Gasteiger partial charge < -0.3 is 10.2 Å². The van der Waals surface area contributed by atoms with Gasteiger partial charge >= 0.3 is 0 Å². The Labute approximate surface area is 113 Å². The van der Waals surface area contributed by atoms with Crippen LogP contribution < -0.4 is 5.32 Å². The van der Waals surface area contributed by atoms with Gasteiger partial charge in [-0.25, -0.2) is 0 Å². The molecule has 0 radical (unpaired) electrons. The predicted molar refractivity (Wildman–Crippen MR) is 77.5 cm³/mol. The molecule has 1 aromatic carbocycles. The molecule has 0 bridgehead atoms. The fraction of sp³-hybridized carbons (Fsp3) is 0.571. The Morgan fingerprint density at radius 1 is 1.29 bits per heavy atom. The van der Waals surface area contributed by atoms with Crippen LogP contribution in [0.4, 0.5) is 5.69 Å². The second kappa shape index (κ2) is 6.41. The minimum Gasteiger partial charge on any atom is -0.383 e. The third-order valence-electron chi connectivity index (χ3n) is 3.60. The maximum absolute atomic E-state index is 3.55. The number of nitrogens with zero attached hydrogens (tertiary/aromatic N) is 1. The van der Waals surface area contributed by atoms with Crippen molar-refractivity contribution in [1.29, 1.82) is 0 Å². The molecular formula is C14H21BrN2. The summed E-state index contributed by atoms with van der Waals surface area (Å²) < 4.78 is 1.14. The second-order valence-corrected chi connectivity index (χ2v) is 5.68. The summed E-state index contributed by atoms with van der Waals surface area (Å²) in [5, 5.41) is 3.48. The van der Waals surface area contributed by atoms with Gasteiger partial charge in [-0.2, -0.15) is 0 Å². The summed E-state index contributed by atoms with van der Waals surface area (Å²) >= 11 is 3.55. The molecule has 1 aliphatic rings. The number of anilines is 1. The number of nitrogens with one attached hydrogen (secondary N) is 1. The zero-order valence-corrected chi connectivity index (χ0v) is 12.0. The molecule has 0 unspecified atom stereocenters. The molecule has 0 heterocycles. The van der Waals surface area contributed by atoms with Crippen LogP contribution in [0.15, 0.2) is 28.7 Å². The van der Waals surface area contributed by atoms with Gasteiger partial charge in [-0.15, -0.1) is 0 Å². The van der Waals surface area contributed by atoms with Crippen LogP contribution >= 0.6 is 15.9 Å². The highest BCUT2D eigenvalue weighted by Gasteiger charge is 2.18. The van der Waals surface area contributed by atoms with Crippen LogP contribution in [0.25, 0.3) is 0 Å². The van der Waals surface area contributed by atoms with E-state index in [0.29, 0.717) is 0 Å². The second-order valence-electron chi connectivity index (χ2n) is 4.83. The van der Waals surface area contributed by atoms with Crippen molar-refractivity contribution in [3.05, 3.63) is 28.7 Å². The van der Waals surface area contributed by atoms with Crippen molar-refractivity contribution in [1.82, 2.24) is 4.90 Å². The van der Waals surface area contributed by atoms with Crippen LogP contribution in [0.1, 0.15) is 25.7 Å². The number of hydrogen-bond donors (Lipinski definition) is 1. The highest BCUT2D eigenvalue weighted by atomic mass is 79.9. The molecule has 94 valence electrons. The molecule has 1 fully saturated rings. The molecule has 1 aliphatic carbocycles. The molecule has 2 nitrogen and oxygen atoms in total. The Bertz CT molecular complexity index is 348. The van der Waals surface area contributed by atoms with Gasteiger partial charge in [0.15, 0.2) is 0 Å². The van der Waals surface area contributed by atoms with E-state index in [4.69, 9.17) is 0 Å². The molecule has 1 N–H and O–H groups in total. The van der Waals surface area contributed by atoms with Gasteiger partial charge in [0.1, 0.15) is 0 Å². The van der Waals surface area contributed by atoms with Gasteiger partial charge in [-0.05, 0) is 48.0 Å². The largest absolute Gasteiger partial charge is 0.383 e. The summed E-state index contributed by atoms with van der Waals surface area (Å²) in [5.74, 6) is 0. The summed E-state index contributed by atoms with van der Waals surface area (Å²) in [6, 6.07) is 9.10. The van der Waals surface area contributed by atoms with Gasteiger partial charge in [0.25, 0.3) is 0 Å². The van der Waals surface area contributed by atoms with Crippen molar-refractivity contribution >= 4 is 21.6 Å². The Morgan fingerprint density at radius 3 is 2.71 bits per heavy atom. The minimum atomic E-state index is 0.816. The normalized spacial score (nSPS) is 16.6. The van der Waals surface area contributed by atoms with Crippen molar-refractivity contribution in [2.45, 2.75) is 31.7 Å². The van der Waals surface area contributed by atoms with E-state index in [1.54, 1.807) is 0 Å². The van der Waals surface area contributed by atoms with Crippen LogP contribution in [0.5, 0.6) is 0 Å².